The van der Waals surface area contributed by atoms with E-state index in [1.165, 1.54) is 12.5 Å². The van der Waals surface area contributed by atoms with E-state index in [0.717, 1.165) is 31.7 Å². The van der Waals surface area contributed by atoms with Gasteiger partial charge >= 0.3 is 0 Å². The molecule has 0 atom stereocenters. The van der Waals surface area contributed by atoms with Crippen molar-refractivity contribution in [2.24, 2.45) is 0 Å². The maximum atomic E-state index is 13.0. The molecule has 0 aliphatic carbocycles. The van der Waals surface area contributed by atoms with E-state index < -0.39 is 0 Å². The fourth-order valence-corrected chi connectivity index (χ4v) is 1.59. The van der Waals surface area contributed by atoms with E-state index in [2.05, 4.69) is 17.1 Å². The molecule has 0 fully saturated rings. The Balaban J connectivity index is 2.27. The van der Waals surface area contributed by atoms with Crippen LogP contribution in [0.25, 0.3) is 0 Å². The summed E-state index contributed by atoms with van der Waals surface area (Å²) >= 11 is 0. The highest BCUT2D eigenvalue weighted by molar-refractivity contribution is 5.45. The number of rotatable bonds is 7. The van der Waals surface area contributed by atoms with Gasteiger partial charge in [-0.2, -0.15) is 0 Å². The number of anilines is 1. The standard InChI is InChI=1S/C13H21FN2/c1-3-8-15-9-5-10-16(2)13-7-4-6-12(14)11-13/h4,6-7,11,15H,3,5,8-10H2,1-2H3. The summed E-state index contributed by atoms with van der Waals surface area (Å²) in [6.45, 7) is 5.20. The molecule has 0 saturated heterocycles. The van der Waals surface area contributed by atoms with Gasteiger partial charge in [-0.3, -0.25) is 0 Å². The Kier molecular flexibility index (Phi) is 5.86. The molecule has 0 bridgehead atoms. The maximum absolute atomic E-state index is 13.0. The van der Waals surface area contributed by atoms with Crippen molar-refractivity contribution < 1.29 is 4.39 Å². The van der Waals surface area contributed by atoms with Crippen LogP contribution < -0.4 is 10.2 Å². The average Bonchev–Trinajstić information content (AvgIpc) is 2.28. The van der Waals surface area contributed by atoms with Crippen LogP contribution in [-0.4, -0.2) is 26.7 Å². The van der Waals surface area contributed by atoms with Crippen LogP contribution in [0.4, 0.5) is 10.1 Å². The van der Waals surface area contributed by atoms with E-state index >= 15 is 0 Å². The Bertz CT molecular complexity index is 302. The van der Waals surface area contributed by atoms with Gasteiger partial charge in [0.1, 0.15) is 5.82 Å². The molecule has 16 heavy (non-hydrogen) atoms. The summed E-state index contributed by atoms with van der Waals surface area (Å²) in [5, 5.41) is 3.35. The summed E-state index contributed by atoms with van der Waals surface area (Å²) in [6.07, 6.45) is 2.24. The summed E-state index contributed by atoms with van der Waals surface area (Å²) in [5.74, 6) is -0.173. The van der Waals surface area contributed by atoms with E-state index in [0.29, 0.717) is 0 Å². The van der Waals surface area contributed by atoms with E-state index in [-0.39, 0.29) is 5.82 Å². The minimum atomic E-state index is -0.173. The zero-order valence-corrected chi connectivity index (χ0v) is 10.2. The van der Waals surface area contributed by atoms with Gasteiger partial charge in [-0.15, -0.1) is 0 Å². The Morgan fingerprint density at radius 3 is 2.81 bits per heavy atom. The van der Waals surface area contributed by atoms with E-state index in [4.69, 9.17) is 0 Å². The first-order valence-corrected chi connectivity index (χ1v) is 5.91. The van der Waals surface area contributed by atoms with Crippen molar-refractivity contribution in [3.8, 4) is 0 Å². The van der Waals surface area contributed by atoms with Crippen molar-refractivity contribution in [3.05, 3.63) is 30.1 Å². The molecule has 0 aliphatic rings. The van der Waals surface area contributed by atoms with Gasteiger partial charge in [0.15, 0.2) is 0 Å². The minimum Gasteiger partial charge on any atom is -0.374 e. The second kappa shape index (κ2) is 7.23. The number of halogens is 1. The predicted molar refractivity (Wildman–Crippen MR) is 67.4 cm³/mol. The van der Waals surface area contributed by atoms with Crippen molar-refractivity contribution in [1.82, 2.24) is 5.32 Å². The molecule has 0 radical (unpaired) electrons. The second-order valence-corrected chi connectivity index (χ2v) is 4.00. The van der Waals surface area contributed by atoms with Crippen LogP contribution in [0.5, 0.6) is 0 Å². The number of nitrogens with zero attached hydrogens (tertiary/aromatic N) is 1. The molecule has 1 aromatic rings. The fourth-order valence-electron chi connectivity index (χ4n) is 1.59. The predicted octanol–water partition coefficient (Wildman–Crippen LogP) is 2.65. The number of hydrogen-bond donors (Lipinski definition) is 1. The molecule has 0 unspecified atom stereocenters. The van der Waals surface area contributed by atoms with Crippen LogP contribution in [0, 0.1) is 5.82 Å². The highest BCUT2D eigenvalue weighted by atomic mass is 19.1. The topological polar surface area (TPSA) is 15.3 Å². The van der Waals surface area contributed by atoms with E-state index in [9.17, 15) is 4.39 Å². The SMILES string of the molecule is CCCNCCCN(C)c1cccc(F)c1. The summed E-state index contributed by atoms with van der Waals surface area (Å²) in [4.78, 5) is 2.08. The molecular formula is C13H21FN2. The Hall–Kier alpha value is -1.09. The van der Waals surface area contributed by atoms with Crippen LogP contribution >= 0.6 is 0 Å². The molecule has 0 spiro atoms. The summed E-state index contributed by atoms with van der Waals surface area (Å²) < 4.78 is 13.0. The first-order chi connectivity index (χ1) is 7.74. The molecule has 0 amide bonds. The first-order valence-electron chi connectivity index (χ1n) is 5.91. The molecule has 1 N–H and O–H groups in total. The highest BCUT2D eigenvalue weighted by Crippen LogP contribution is 2.13. The summed E-state index contributed by atoms with van der Waals surface area (Å²) in [7, 11) is 1.99. The van der Waals surface area contributed by atoms with Gasteiger partial charge in [-0.05, 0) is 44.1 Å². The Morgan fingerprint density at radius 2 is 2.12 bits per heavy atom. The van der Waals surface area contributed by atoms with Gasteiger partial charge in [-0.1, -0.05) is 13.0 Å². The third-order valence-electron chi connectivity index (χ3n) is 2.52. The van der Waals surface area contributed by atoms with Crippen molar-refractivity contribution in [2.75, 3.05) is 31.6 Å². The van der Waals surface area contributed by atoms with Gasteiger partial charge in [0.25, 0.3) is 0 Å². The zero-order chi connectivity index (χ0) is 11.8. The van der Waals surface area contributed by atoms with Crippen molar-refractivity contribution in [2.45, 2.75) is 19.8 Å². The molecule has 3 heteroatoms. The number of nitrogens with one attached hydrogen (secondary N) is 1. The number of benzene rings is 1. The summed E-state index contributed by atoms with van der Waals surface area (Å²) in [5.41, 5.74) is 0.940. The zero-order valence-electron chi connectivity index (χ0n) is 10.2. The Labute approximate surface area is 97.5 Å². The van der Waals surface area contributed by atoms with Crippen LogP contribution in [0.1, 0.15) is 19.8 Å². The Morgan fingerprint density at radius 1 is 1.31 bits per heavy atom. The average molecular weight is 224 g/mol. The largest absolute Gasteiger partial charge is 0.374 e. The van der Waals surface area contributed by atoms with Crippen molar-refractivity contribution in [3.63, 3.8) is 0 Å². The second-order valence-electron chi connectivity index (χ2n) is 4.00. The van der Waals surface area contributed by atoms with Gasteiger partial charge in [0.05, 0.1) is 0 Å². The van der Waals surface area contributed by atoms with Crippen molar-refractivity contribution in [1.29, 1.82) is 0 Å². The lowest BCUT2D eigenvalue weighted by atomic mass is 10.2. The molecule has 2 nitrogen and oxygen atoms in total. The smallest absolute Gasteiger partial charge is 0.125 e. The molecule has 0 heterocycles. The normalized spacial score (nSPS) is 10.4. The van der Waals surface area contributed by atoms with Crippen LogP contribution in [0.15, 0.2) is 24.3 Å². The molecular weight excluding hydrogens is 203 g/mol. The van der Waals surface area contributed by atoms with E-state index in [1.807, 2.05) is 13.1 Å². The van der Waals surface area contributed by atoms with Gasteiger partial charge < -0.3 is 10.2 Å². The third-order valence-corrected chi connectivity index (χ3v) is 2.52. The number of hydrogen-bond acceptors (Lipinski definition) is 2. The lowest BCUT2D eigenvalue weighted by Crippen LogP contribution is -2.24. The quantitative estimate of drug-likeness (QED) is 0.716. The molecule has 0 aliphatic heterocycles. The lowest BCUT2D eigenvalue weighted by molar-refractivity contribution is 0.623. The molecule has 1 rings (SSSR count). The van der Waals surface area contributed by atoms with Crippen molar-refractivity contribution >= 4 is 5.69 Å². The van der Waals surface area contributed by atoms with Crippen LogP contribution in [0.3, 0.4) is 0 Å². The van der Waals surface area contributed by atoms with Crippen LogP contribution in [-0.2, 0) is 0 Å². The summed E-state index contributed by atoms with van der Waals surface area (Å²) in [6, 6.07) is 6.72. The van der Waals surface area contributed by atoms with Gasteiger partial charge in [0, 0.05) is 19.3 Å². The molecule has 1 aromatic carbocycles. The van der Waals surface area contributed by atoms with Crippen LogP contribution in [0.2, 0.25) is 0 Å². The maximum Gasteiger partial charge on any atom is 0.125 e. The molecule has 0 aromatic heterocycles. The monoisotopic (exact) mass is 224 g/mol. The molecule has 90 valence electrons. The lowest BCUT2D eigenvalue weighted by Gasteiger charge is -2.19. The first kappa shape index (κ1) is 13.0. The van der Waals surface area contributed by atoms with E-state index in [1.54, 1.807) is 12.1 Å². The fraction of sp³-hybridized carbons (Fsp3) is 0.538. The third kappa shape index (κ3) is 4.62. The minimum absolute atomic E-state index is 0.173. The highest BCUT2D eigenvalue weighted by Gasteiger charge is 2.00. The van der Waals surface area contributed by atoms with Gasteiger partial charge in [0.2, 0.25) is 0 Å². The molecule has 0 saturated carbocycles. The van der Waals surface area contributed by atoms with Gasteiger partial charge in [-0.25, -0.2) is 4.39 Å².